The van der Waals surface area contributed by atoms with E-state index in [-0.39, 0.29) is 6.79 Å². The van der Waals surface area contributed by atoms with Crippen molar-refractivity contribution in [1.82, 2.24) is 5.32 Å². The Labute approximate surface area is 129 Å². The first kappa shape index (κ1) is 14.5. The Morgan fingerprint density at radius 1 is 1.00 bits per heavy atom. The van der Waals surface area contributed by atoms with Crippen molar-refractivity contribution in [3.63, 3.8) is 0 Å². The lowest BCUT2D eigenvalue weighted by Gasteiger charge is -2.11. The molecule has 0 aliphatic carbocycles. The van der Waals surface area contributed by atoms with Gasteiger partial charge in [0.15, 0.2) is 11.5 Å². The second-order valence-corrected chi connectivity index (χ2v) is 4.95. The van der Waals surface area contributed by atoms with Crippen LogP contribution in [0.15, 0.2) is 36.4 Å². The van der Waals surface area contributed by atoms with E-state index in [9.17, 15) is 0 Å². The van der Waals surface area contributed by atoms with Crippen LogP contribution in [0, 0.1) is 0 Å². The number of benzene rings is 2. The summed E-state index contributed by atoms with van der Waals surface area (Å²) < 4.78 is 21.5. The van der Waals surface area contributed by atoms with Crippen LogP contribution in [0.3, 0.4) is 0 Å². The first-order chi connectivity index (χ1) is 10.8. The van der Waals surface area contributed by atoms with E-state index in [2.05, 4.69) is 5.32 Å². The molecule has 1 aliphatic heterocycles. The molecule has 1 aliphatic rings. The summed E-state index contributed by atoms with van der Waals surface area (Å²) in [5, 5.41) is 3.40. The molecule has 0 saturated carbocycles. The molecule has 0 radical (unpaired) electrons. The minimum absolute atomic E-state index is 0.240. The minimum atomic E-state index is 0.240. The van der Waals surface area contributed by atoms with Crippen LogP contribution in [-0.2, 0) is 13.1 Å². The molecule has 0 atom stereocenters. The van der Waals surface area contributed by atoms with Crippen molar-refractivity contribution in [2.75, 3.05) is 21.0 Å². The van der Waals surface area contributed by atoms with Crippen LogP contribution in [-0.4, -0.2) is 21.0 Å². The van der Waals surface area contributed by atoms with Crippen LogP contribution in [0.2, 0.25) is 0 Å². The molecule has 5 heteroatoms. The second-order valence-electron chi connectivity index (χ2n) is 4.95. The molecule has 1 heterocycles. The van der Waals surface area contributed by atoms with Crippen molar-refractivity contribution in [1.29, 1.82) is 0 Å². The third kappa shape index (κ3) is 2.94. The van der Waals surface area contributed by atoms with E-state index in [1.807, 2.05) is 36.4 Å². The Kier molecular flexibility index (Phi) is 4.34. The topological polar surface area (TPSA) is 49.0 Å². The van der Waals surface area contributed by atoms with Crippen molar-refractivity contribution >= 4 is 0 Å². The molecule has 5 nitrogen and oxygen atoms in total. The molecule has 1 N–H and O–H groups in total. The highest BCUT2D eigenvalue weighted by molar-refractivity contribution is 5.55. The van der Waals surface area contributed by atoms with Gasteiger partial charge in [-0.05, 0) is 23.8 Å². The standard InChI is InChI=1S/C17H19NO4/c1-19-14-6-4-3-5-13(14)10-18-9-12-7-15(20-2)17-16(8-12)21-11-22-17/h3-8,18H,9-11H2,1-2H3. The summed E-state index contributed by atoms with van der Waals surface area (Å²) in [6.07, 6.45) is 0. The highest BCUT2D eigenvalue weighted by atomic mass is 16.7. The molecule has 0 bridgehead atoms. The lowest BCUT2D eigenvalue weighted by Crippen LogP contribution is -2.13. The highest BCUT2D eigenvalue weighted by Gasteiger charge is 2.19. The molecule has 0 saturated heterocycles. The van der Waals surface area contributed by atoms with E-state index in [1.54, 1.807) is 14.2 Å². The number of hydrogen-bond donors (Lipinski definition) is 1. The van der Waals surface area contributed by atoms with Gasteiger partial charge in [0.1, 0.15) is 5.75 Å². The first-order valence-corrected chi connectivity index (χ1v) is 7.11. The second kappa shape index (κ2) is 6.58. The molecule has 0 aromatic heterocycles. The maximum atomic E-state index is 5.43. The molecule has 22 heavy (non-hydrogen) atoms. The molecule has 2 aromatic carbocycles. The van der Waals surface area contributed by atoms with Crippen LogP contribution in [0.1, 0.15) is 11.1 Å². The zero-order valence-electron chi connectivity index (χ0n) is 12.7. The lowest BCUT2D eigenvalue weighted by atomic mass is 10.1. The first-order valence-electron chi connectivity index (χ1n) is 7.11. The summed E-state index contributed by atoms with van der Waals surface area (Å²) in [6, 6.07) is 11.9. The summed E-state index contributed by atoms with van der Waals surface area (Å²) >= 11 is 0. The Morgan fingerprint density at radius 3 is 2.64 bits per heavy atom. The largest absolute Gasteiger partial charge is 0.496 e. The monoisotopic (exact) mass is 301 g/mol. The van der Waals surface area contributed by atoms with Crippen LogP contribution in [0.4, 0.5) is 0 Å². The predicted octanol–water partition coefficient (Wildman–Crippen LogP) is 2.72. The fraction of sp³-hybridized carbons (Fsp3) is 0.294. The zero-order valence-corrected chi connectivity index (χ0v) is 12.7. The third-order valence-corrected chi connectivity index (χ3v) is 3.56. The van der Waals surface area contributed by atoms with Gasteiger partial charge in [-0.1, -0.05) is 18.2 Å². The minimum Gasteiger partial charge on any atom is -0.496 e. The van der Waals surface area contributed by atoms with E-state index in [0.717, 1.165) is 29.2 Å². The Hall–Kier alpha value is -2.40. The summed E-state index contributed by atoms with van der Waals surface area (Å²) in [6.45, 7) is 1.66. The van der Waals surface area contributed by atoms with Crippen molar-refractivity contribution in [2.24, 2.45) is 0 Å². The van der Waals surface area contributed by atoms with Gasteiger partial charge in [0.05, 0.1) is 14.2 Å². The Morgan fingerprint density at radius 2 is 1.82 bits per heavy atom. The van der Waals surface area contributed by atoms with E-state index < -0.39 is 0 Å². The number of rotatable bonds is 6. The fourth-order valence-corrected chi connectivity index (χ4v) is 2.48. The van der Waals surface area contributed by atoms with E-state index in [4.69, 9.17) is 18.9 Å². The van der Waals surface area contributed by atoms with Crippen LogP contribution < -0.4 is 24.3 Å². The number of ether oxygens (including phenoxy) is 4. The maximum absolute atomic E-state index is 5.43. The van der Waals surface area contributed by atoms with E-state index in [0.29, 0.717) is 18.0 Å². The van der Waals surface area contributed by atoms with Crippen LogP contribution in [0.25, 0.3) is 0 Å². The number of hydrogen-bond acceptors (Lipinski definition) is 5. The average molecular weight is 301 g/mol. The van der Waals surface area contributed by atoms with Gasteiger partial charge >= 0.3 is 0 Å². The molecule has 0 fully saturated rings. The molecule has 3 rings (SSSR count). The highest BCUT2D eigenvalue weighted by Crippen LogP contribution is 2.41. The smallest absolute Gasteiger partial charge is 0.231 e. The summed E-state index contributed by atoms with van der Waals surface area (Å²) in [5.74, 6) is 2.99. The van der Waals surface area contributed by atoms with Crippen LogP contribution in [0.5, 0.6) is 23.0 Å². The van der Waals surface area contributed by atoms with Crippen molar-refractivity contribution in [3.8, 4) is 23.0 Å². The van der Waals surface area contributed by atoms with Gasteiger partial charge in [0, 0.05) is 18.7 Å². The van der Waals surface area contributed by atoms with Gasteiger partial charge in [0.25, 0.3) is 0 Å². The summed E-state index contributed by atoms with van der Waals surface area (Å²) in [4.78, 5) is 0. The normalized spacial score (nSPS) is 12.3. The number of methoxy groups -OCH3 is 2. The summed E-state index contributed by atoms with van der Waals surface area (Å²) in [7, 11) is 3.31. The van der Waals surface area contributed by atoms with Gasteiger partial charge in [-0.25, -0.2) is 0 Å². The quantitative estimate of drug-likeness (QED) is 0.889. The maximum Gasteiger partial charge on any atom is 0.231 e. The molecule has 0 unspecified atom stereocenters. The fourth-order valence-electron chi connectivity index (χ4n) is 2.48. The zero-order chi connectivity index (χ0) is 15.4. The molecular formula is C17H19NO4. The van der Waals surface area contributed by atoms with Crippen molar-refractivity contribution in [3.05, 3.63) is 47.5 Å². The van der Waals surface area contributed by atoms with Gasteiger partial charge < -0.3 is 24.3 Å². The summed E-state index contributed by atoms with van der Waals surface area (Å²) in [5.41, 5.74) is 2.20. The molecule has 0 spiro atoms. The Balaban J connectivity index is 1.67. The number of fused-ring (bicyclic) bond motifs is 1. The predicted molar refractivity (Wildman–Crippen MR) is 82.7 cm³/mol. The average Bonchev–Trinajstić information content (AvgIpc) is 3.03. The Bertz CT molecular complexity index is 657. The van der Waals surface area contributed by atoms with Gasteiger partial charge in [-0.2, -0.15) is 0 Å². The van der Waals surface area contributed by atoms with Crippen LogP contribution >= 0.6 is 0 Å². The number of para-hydroxylation sites is 1. The van der Waals surface area contributed by atoms with Gasteiger partial charge in [0.2, 0.25) is 12.5 Å². The van der Waals surface area contributed by atoms with Crippen molar-refractivity contribution < 1.29 is 18.9 Å². The SMILES string of the molecule is COc1ccccc1CNCc1cc(OC)c2c(c1)OCO2. The molecular weight excluding hydrogens is 282 g/mol. The van der Waals surface area contributed by atoms with Gasteiger partial charge in [-0.3, -0.25) is 0 Å². The molecule has 2 aromatic rings. The third-order valence-electron chi connectivity index (χ3n) is 3.56. The van der Waals surface area contributed by atoms with E-state index in [1.165, 1.54) is 0 Å². The number of nitrogens with one attached hydrogen (secondary N) is 1. The van der Waals surface area contributed by atoms with Gasteiger partial charge in [-0.15, -0.1) is 0 Å². The lowest BCUT2D eigenvalue weighted by molar-refractivity contribution is 0.171. The molecule has 0 amide bonds. The molecule has 116 valence electrons. The van der Waals surface area contributed by atoms with Crippen molar-refractivity contribution in [2.45, 2.75) is 13.1 Å². The van der Waals surface area contributed by atoms with E-state index >= 15 is 0 Å².